The lowest BCUT2D eigenvalue weighted by molar-refractivity contribution is 0.577. The van der Waals surface area contributed by atoms with Gasteiger partial charge in [-0.1, -0.05) is 12.1 Å². The van der Waals surface area contributed by atoms with Crippen LogP contribution >= 0.6 is 27.3 Å². The van der Waals surface area contributed by atoms with Gasteiger partial charge in [-0.3, -0.25) is 0 Å². The van der Waals surface area contributed by atoms with Crippen LogP contribution in [0.3, 0.4) is 0 Å². The van der Waals surface area contributed by atoms with Crippen LogP contribution in [0.4, 0.5) is 0 Å². The SMILES string of the molecule is CC(NCCc1ccc(Br)s1)c1ccc(S(C)(=O)=O)cc1. The standard InChI is InChI=1S/C15H18BrNO2S2/c1-11(17-10-9-13-5-8-15(16)20-13)12-3-6-14(7-4-12)21(2,18)19/h3-8,11,17H,9-10H2,1-2H3. The lowest BCUT2D eigenvalue weighted by Gasteiger charge is -2.14. The monoisotopic (exact) mass is 387 g/mol. The third-order valence-electron chi connectivity index (χ3n) is 3.26. The van der Waals surface area contributed by atoms with Crippen LogP contribution in [0.5, 0.6) is 0 Å². The Morgan fingerprint density at radius 2 is 1.86 bits per heavy atom. The van der Waals surface area contributed by atoms with Gasteiger partial charge in [0.25, 0.3) is 0 Å². The first kappa shape index (κ1) is 16.7. The van der Waals surface area contributed by atoms with Gasteiger partial charge in [0.15, 0.2) is 9.84 Å². The van der Waals surface area contributed by atoms with E-state index in [0.29, 0.717) is 4.90 Å². The van der Waals surface area contributed by atoms with Crippen LogP contribution in [0.25, 0.3) is 0 Å². The predicted molar refractivity (Wildman–Crippen MR) is 91.7 cm³/mol. The first-order valence-electron chi connectivity index (χ1n) is 6.64. The number of sulfone groups is 1. The van der Waals surface area contributed by atoms with Crippen LogP contribution in [0.1, 0.15) is 23.4 Å². The van der Waals surface area contributed by atoms with Crippen molar-refractivity contribution < 1.29 is 8.42 Å². The van der Waals surface area contributed by atoms with Crippen LogP contribution in [-0.2, 0) is 16.3 Å². The van der Waals surface area contributed by atoms with Gasteiger partial charge in [-0.05, 0) is 59.1 Å². The minimum absolute atomic E-state index is 0.196. The molecule has 0 fully saturated rings. The van der Waals surface area contributed by atoms with E-state index < -0.39 is 9.84 Å². The highest BCUT2D eigenvalue weighted by Crippen LogP contribution is 2.22. The minimum Gasteiger partial charge on any atom is -0.310 e. The topological polar surface area (TPSA) is 46.2 Å². The second-order valence-electron chi connectivity index (χ2n) is 4.97. The summed E-state index contributed by atoms with van der Waals surface area (Å²) in [6, 6.07) is 11.5. The summed E-state index contributed by atoms with van der Waals surface area (Å²) in [6.45, 7) is 2.97. The maximum Gasteiger partial charge on any atom is 0.175 e. The summed E-state index contributed by atoms with van der Waals surface area (Å²) in [7, 11) is -3.12. The minimum atomic E-state index is -3.12. The molecule has 0 amide bonds. The molecule has 0 saturated carbocycles. The number of hydrogen-bond donors (Lipinski definition) is 1. The Morgan fingerprint density at radius 1 is 1.19 bits per heavy atom. The van der Waals surface area contributed by atoms with Crippen molar-refractivity contribution >= 4 is 37.1 Å². The molecule has 1 aromatic heterocycles. The Morgan fingerprint density at radius 3 is 2.38 bits per heavy atom. The molecular weight excluding hydrogens is 370 g/mol. The fraction of sp³-hybridized carbons (Fsp3) is 0.333. The number of halogens is 1. The molecule has 1 N–H and O–H groups in total. The first-order chi connectivity index (χ1) is 9.86. The lowest BCUT2D eigenvalue weighted by Crippen LogP contribution is -2.21. The third-order valence-corrected chi connectivity index (χ3v) is 6.07. The van der Waals surface area contributed by atoms with Gasteiger partial charge in [0.1, 0.15) is 0 Å². The lowest BCUT2D eigenvalue weighted by atomic mass is 10.1. The van der Waals surface area contributed by atoms with E-state index in [-0.39, 0.29) is 6.04 Å². The summed E-state index contributed by atoms with van der Waals surface area (Å²) in [5.41, 5.74) is 1.09. The number of nitrogens with one attached hydrogen (secondary N) is 1. The van der Waals surface area contributed by atoms with E-state index in [4.69, 9.17) is 0 Å². The van der Waals surface area contributed by atoms with Crippen molar-refractivity contribution in [2.75, 3.05) is 12.8 Å². The second kappa shape index (κ2) is 7.05. The summed E-state index contributed by atoms with van der Waals surface area (Å²) < 4.78 is 24.0. The molecule has 0 bridgehead atoms. The van der Waals surface area contributed by atoms with Gasteiger partial charge in [-0.15, -0.1) is 11.3 Å². The Kier molecular flexibility index (Phi) is 5.60. The third kappa shape index (κ3) is 4.92. The van der Waals surface area contributed by atoms with Gasteiger partial charge in [-0.2, -0.15) is 0 Å². The molecule has 0 saturated heterocycles. The van der Waals surface area contributed by atoms with E-state index in [2.05, 4.69) is 40.3 Å². The molecule has 0 aliphatic heterocycles. The fourth-order valence-corrected chi connectivity index (χ4v) is 4.13. The molecule has 1 aromatic carbocycles. The van der Waals surface area contributed by atoms with Gasteiger partial charge in [0.05, 0.1) is 8.68 Å². The second-order valence-corrected chi connectivity index (χ2v) is 9.54. The van der Waals surface area contributed by atoms with Crippen LogP contribution in [-0.4, -0.2) is 21.2 Å². The molecule has 0 radical (unpaired) electrons. The van der Waals surface area contributed by atoms with Gasteiger partial charge in [0, 0.05) is 23.7 Å². The quantitative estimate of drug-likeness (QED) is 0.819. The zero-order chi connectivity index (χ0) is 15.5. The van der Waals surface area contributed by atoms with Crippen molar-refractivity contribution in [2.45, 2.75) is 24.3 Å². The van der Waals surface area contributed by atoms with Crippen LogP contribution in [0, 0.1) is 0 Å². The van der Waals surface area contributed by atoms with Crippen molar-refractivity contribution in [3.05, 3.63) is 50.6 Å². The molecule has 1 heterocycles. The number of benzene rings is 1. The molecule has 2 rings (SSSR count). The number of rotatable bonds is 6. The molecular formula is C15H18BrNO2S2. The highest BCUT2D eigenvalue weighted by Gasteiger charge is 2.09. The summed E-state index contributed by atoms with van der Waals surface area (Å²) in [6.07, 6.45) is 2.21. The maximum absolute atomic E-state index is 11.4. The molecule has 114 valence electrons. The Balaban J connectivity index is 1.89. The average Bonchev–Trinajstić information content (AvgIpc) is 2.83. The highest BCUT2D eigenvalue weighted by molar-refractivity contribution is 9.11. The summed E-state index contributed by atoms with van der Waals surface area (Å²) in [5.74, 6) is 0. The van der Waals surface area contributed by atoms with Crippen LogP contribution < -0.4 is 5.32 Å². The maximum atomic E-state index is 11.4. The average molecular weight is 388 g/mol. The molecule has 3 nitrogen and oxygen atoms in total. The Labute approximate surface area is 138 Å². The summed E-state index contributed by atoms with van der Waals surface area (Å²) in [4.78, 5) is 1.70. The van der Waals surface area contributed by atoms with Crippen molar-refractivity contribution in [2.24, 2.45) is 0 Å². The largest absolute Gasteiger partial charge is 0.310 e. The predicted octanol–water partition coefficient (Wildman–Crippen LogP) is 3.81. The molecule has 0 aliphatic rings. The van der Waals surface area contributed by atoms with E-state index in [1.807, 2.05) is 12.1 Å². The molecule has 1 atom stereocenters. The molecule has 0 spiro atoms. The van der Waals surface area contributed by atoms with E-state index in [0.717, 1.165) is 22.3 Å². The highest BCUT2D eigenvalue weighted by atomic mass is 79.9. The van der Waals surface area contributed by atoms with Crippen molar-refractivity contribution in [3.8, 4) is 0 Å². The number of thiophene rings is 1. The van der Waals surface area contributed by atoms with E-state index >= 15 is 0 Å². The number of hydrogen-bond acceptors (Lipinski definition) is 4. The fourth-order valence-electron chi connectivity index (χ4n) is 2.02. The van der Waals surface area contributed by atoms with Crippen molar-refractivity contribution in [1.29, 1.82) is 0 Å². The Hall–Kier alpha value is -0.690. The zero-order valence-electron chi connectivity index (χ0n) is 12.0. The zero-order valence-corrected chi connectivity index (χ0v) is 15.2. The first-order valence-corrected chi connectivity index (χ1v) is 10.1. The van der Waals surface area contributed by atoms with Crippen molar-refractivity contribution in [3.63, 3.8) is 0 Å². The van der Waals surface area contributed by atoms with Crippen LogP contribution in [0.15, 0.2) is 45.1 Å². The Bertz CT molecular complexity index is 693. The van der Waals surface area contributed by atoms with Gasteiger partial charge < -0.3 is 5.32 Å². The van der Waals surface area contributed by atoms with E-state index in [9.17, 15) is 8.42 Å². The van der Waals surface area contributed by atoms with Gasteiger partial charge in [0.2, 0.25) is 0 Å². The van der Waals surface area contributed by atoms with Crippen molar-refractivity contribution in [1.82, 2.24) is 5.32 Å². The normalized spacial score (nSPS) is 13.3. The van der Waals surface area contributed by atoms with Gasteiger partial charge >= 0.3 is 0 Å². The molecule has 21 heavy (non-hydrogen) atoms. The molecule has 2 aromatic rings. The smallest absolute Gasteiger partial charge is 0.175 e. The molecule has 0 aliphatic carbocycles. The van der Waals surface area contributed by atoms with E-state index in [1.165, 1.54) is 11.1 Å². The molecule has 6 heteroatoms. The summed E-state index contributed by atoms with van der Waals surface area (Å²) >= 11 is 5.21. The van der Waals surface area contributed by atoms with Gasteiger partial charge in [-0.25, -0.2) is 8.42 Å². The van der Waals surface area contributed by atoms with Crippen LogP contribution in [0.2, 0.25) is 0 Å². The summed E-state index contributed by atoms with van der Waals surface area (Å²) in [5, 5.41) is 3.46. The molecule has 1 unspecified atom stereocenters. The van der Waals surface area contributed by atoms with E-state index in [1.54, 1.807) is 23.5 Å².